The SMILES string of the molecule is O=C(CN1CCN(C(=O)c2cc([N+](=O)[O-])ccc2Cl)CC1)Nc1ccccc1. The first-order valence-electron chi connectivity index (χ1n) is 8.74. The molecule has 0 atom stereocenters. The highest BCUT2D eigenvalue weighted by molar-refractivity contribution is 6.33. The summed E-state index contributed by atoms with van der Waals surface area (Å²) in [4.78, 5) is 38.8. The molecule has 28 heavy (non-hydrogen) atoms. The molecular formula is C19H19ClN4O4. The van der Waals surface area contributed by atoms with E-state index < -0.39 is 4.92 Å². The average Bonchev–Trinajstić information content (AvgIpc) is 2.69. The Morgan fingerprint density at radius 2 is 1.75 bits per heavy atom. The predicted octanol–water partition coefficient (Wildman–Crippen LogP) is 2.64. The zero-order chi connectivity index (χ0) is 20.1. The van der Waals surface area contributed by atoms with Crippen LogP contribution in [-0.4, -0.2) is 59.3 Å². The third kappa shape index (κ3) is 4.85. The maximum Gasteiger partial charge on any atom is 0.270 e. The molecule has 2 aromatic carbocycles. The van der Waals surface area contributed by atoms with Crippen molar-refractivity contribution in [3.05, 3.63) is 69.2 Å². The average molecular weight is 403 g/mol. The lowest BCUT2D eigenvalue weighted by molar-refractivity contribution is -0.384. The molecule has 0 aliphatic carbocycles. The lowest BCUT2D eigenvalue weighted by atomic mass is 10.1. The van der Waals surface area contributed by atoms with Gasteiger partial charge < -0.3 is 10.2 Å². The zero-order valence-electron chi connectivity index (χ0n) is 15.0. The maximum atomic E-state index is 12.7. The smallest absolute Gasteiger partial charge is 0.270 e. The molecule has 2 amide bonds. The van der Waals surface area contributed by atoms with E-state index in [1.165, 1.54) is 18.2 Å². The molecule has 1 N–H and O–H groups in total. The number of carbonyl (C=O) groups is 2. The number of hydrogen-bond acceptors (Lipinski definition) is 5. The Kier molecular flexibility index (Phi) is 6.23. The largest absolute Gasteiger partial charge is 0.336 e. The van der Waals surface area contributed by atoms with Gasteiger partial charge in [-0.25, -0.2) is 0 Å². The third-order valence-corrected chi connectivity index (χ3v) is 4.81. The number of benzene rings is 2. The van der Waals surface area contributed by atoms with Crippen molar-refractivity contribution in [2.75, 3.05) is 38.0 Å². The predicted molar refractivity (Wildman–Crippen MR) is 106 cm³/mol. The first-order chi connectivity index (χ1) is 13.4. The second kappa shape index (κ2) is 8.81. The third-order valence-electron chi connectivity index (χ3n) is 4.48. The van der Waals surface area contributed by atoms with Crippen molar-refractivity contribution in [3.63, 3.8) is 0 Å². The second-order valence-corrected chi connectivity index (χ2v) is 6.81. The summed E-state index contributed by atoms with van der Waals surface area (Å²) in [6, 6.07) is 13.0. The van der Waals surface area contributed by atoms with Crippen LogP contribution in [0.15, 0.2) is 48.5 Å². The Hall–Kier alpha value is -2.97. The van der Waals surface area contributed by atoms with Crippen LogP contribution in [0.3, 0.4) is 0 Å². The lowest BCUT2D eigenvalue weighted by Crippen LogP contribution is -2.50. The van der Waals surface area contributed by atoms with E-state index >= 15 is 0 Å². The van der Waals surface area contributed by atoms with Crippen LogP contribution in [0.4, 0.5) is 11.4 Å². The molecule has 0 aromatic heterocycles. The minimum atomic E-state index is -0.559. The minimum absolute atomic E-state index is 0.117. The van der Waals surface area contributed by atoms with Crippen molar-refractivity contribution in [3.8, 4) is 0 Å². The maximum absolute atomic E-state index is 12.7. The number of anilines is 1. The normalized spacial score (nSPS) is 14.5. The molecule has 2 aromatic rings. The van der Waals surface area contributed by atoms with Crippen molar-refractivity contribution in [1.82, 2.24) is 9.80 Å². The number of nitrogens with one attached hydrogen (secondary N) is 1. The number of rotatable bonds is 5. The van der Waals surface area contributed by atoms with E-state index in [1.807, 2.05) is 35.2 Å². The van der Waals surface area contributed by atoms with Gasteiger partial charge in [0.25, 0.3) is 11.6 Å². The lowest BCUT2D eigenvalue weighted by Gasteiger charge is -2.34. The van der Waals surface area contributed by atoms with Crippen molar-refractivity contribution in [1.29, 1.82) is 0 Å². The number of piperazine rings is 1. The van der Waals surface area contributed by atoms with E-state index in [0.717, 1.165) is 5.69 Å². The summed E-state index contributed by atoms with van der Waals surface area (Å²) in [5.74, 6) is -0.463. The Labute approximate surface area is 166 Å². The zero-order valence-corrected chi connectivity index (χ0v) is 15.8. The van der Waals surface area contributed by atoms with Gasteiger partial charge in [-0.05, 0) is 18.2 Å². The van der Waals surface area contributed by atoms with Gasteiger partial charge in [0.1, 0.15) is 0 Å². The summed E-state index contributed by atoms with van der Waals surface area (Å²) < 4.78 is 0. The molecule has 1 aliphatic rings. The van der Waals surface area contributed by atoms with E-state index in [4.69, 9.17) is 11.6 Å². The van der Waals surface area contributed by atoms with Crippen LogP contribution in [0.1, 0.15) is 10.4 Å². The molecule has 1 aliphatic heterocycles. The van der Waals surface area contributed by atoms with Gasteiger partial charge in [0, 0.05) is 44.0 Å². The molecular weight excluding hydrogens is 384 g/mol. The molecule has 9 heteroatoms. The van der Waals surface area contributed by atoms with Crippen LogP contribution in [0.25, 0.3) is 0 Å². The first-order valence-corrected chi connectivity index (χ1v) is 9.12. The fraction of sp³-hybridized carbons (Fsp3) is 0.263. The minimum Gasteiger partial charge on any atom is -0.336 e. The van der Waals surface area contributed by atoms with Crippen LogP contribution in [-0.2, 0) is 4.79 Å². The quantitative estimate of drug-likeness (QED) is 0.612. The van der Waals surface area contributed by atoms with E-state index in [2.05, 4.69) is 5.32 Å². The van der Waals surface area contributed by atoms with Crippen LogP contribution in [0, 0.1) is 10.1 Å². The van der Waals surface area contributed by atoms with Crippen LogP contribution >= 0.6 is 11.6 Å². The van der Waals surface area contributed by atoms with Gasteiger partial charge in [-0.2, -0.15) is 0 Å². The molecule has 0 radical (unpaired) electrons. The molecule has 3 rings (SSSR count). The number of hydrogen-bond donors (Lipinski definition) is 1. The number of non-ortho nitro benzene ring substituents is 1. The van der Waals surface area contributed by atoms with Gasteiger partial charge in [0.15, 0.2) is 0 Å². The van der Waals surface area contributed by atoms with E-state index in [-0.39, 0.29) is 34.6 Å². The standard InChI is InChI=1S/C19H19ClN4O4/c20-17-7-6-15(24(27)28)12-16(17)19(26)23-10-8-22(9-11-23)13-18(25)21-14-4-2-1-3-5-14/h1-7,12H,8-11,13H2,(H,21,25). The summed E-state index contributed by atoms with van der Waals surface area (Å²) in [5, 5.41) is 13.9. The van der Waals surface area contributed by atoms with Crippen molar-refractivity contribution >= 4 is 34.8 Å². The molecule has 8 nitrogen and oxygen atoms in total. The highest BCUT2D eigenvalue weighted by Crippen LogP contribution is 2.24. The van der Waals surface area contributed by atoms with Gasteiger partial charge in [-0.15, -0.1) is 0 Å². The second-order valence-electron chi connectivity index (χ2n) is 6.40. The Balaban J connectivity index is 1.55. The highest BCUT2D eigenvalue weighted by atomic mass is 35.5. The topological polar surface area (TPSA) is 95.8 Å². The molecule has 1 heterocycles. The highest BCUT2D eigenvalue weighted by Gasteiger charge is 2.26. The van der Waals surface area contributed by atoms with Gasteiger partial charge in [0.05, 0.1) is 22.1 Å². The van der Waals surface area contributed by atoms with Crippen LogP contribution in [0.2, 0.25) is 5.02 Å². The number of halogens is 1. The molecule has 1 fully saturated rings. The fourth-order valence-corrected chi connectivity index (χ4v) is 3.19. The number of para-hydroxylation sites is 1. The number of nitro benzene ring substituents is 1. The number of carbonyl (C=O) groups excluding carboxylic acids is 2. The number of nitro groups is 1. The fourth-order valence-electron chi connectivity index (χ4n) is 3.00. The Bertz CT molecular complexity index is 883. The summed E-state index contributed by atoms with van der Waals surface area (Å²) in [6.45, 7) is 2.11. The summed E-state index contributed by atoms with van der Waals surface area (Å²) in [5.41, 5.74) is 0.678. The monoisotopic (exact) mass is 402 g/mol. The Morgan fingerprint density at radius 3 is 2.39 bits per heavy atom. The van der Waals surface area contributed by atoms with Gasteiger partial charge in [-0.1, -0.05) is 29.8 Å². The summed E-state index contributed by atoms with van der Waals surface area (Å²) in [6.07, 6.45) is 0. The number of nitrogens with zero attached hydrogens (tertiary/aromatic N) is 3. The van der Waals surface area contributed by atoms with E-state index in [0.29, 0.717) is 26.2 Å². The number of amides is 2. The molecule has 0 bridgehead atoms. The molecule has 146 valence electrons. The van der Waals surface area contributed by atoms with E-state index in [1.54, 1.807) is 4.90 Å². The van der Waals surface area contributed by atoms with Gasteiger partial charge >= 0.3 is 0 Å². The van der Waals surface area contributed by atoms with Crippen molar-refractivity contribution < 1.29 is 14.5 Å². The molecule has 0 spiro atoms. The van der Waals surface area contributed by atoms with Crippen molar-refractivity contribution in [2.24, 2.45) is 0 Å². The molecule has 0 unspecified atom stereocenters. The Morgan fingerprint density at radius 1 is 1.07 bits per heavy atom. The van der Waals surface area contributed by atoms with Gasteiger partial charge in [-0.3, -0.25) is 24.6 Å². The van der Waals surface area contributed by atoms with Crippen LogP contribution < -0.4 is 5.32 Å². The van der Waals surface area contributed by atoms with Gasteiger partial charge in [0.2, 0.25) is 5.91 Å². The first kappa shape index (κ1) is 19.8. The van der Waals surface area contributed by atoms with Crippen LogP contribution in [0.5, 0.6) is 0 Å². The summed E-state index contributed by atoms with van der Waals surface area (Å²) in [7, 11) is 0. The van der Waals surface area contributed by atoms with E-state index in [9.17, 15) is 19.7 Å². The molecule has 0 saturated carbocycles. The summed E-state index contributed by atoms with van der Waals surface area (Å²) >= 11 is 6.06. The van der Waals surface area contributed by atoms with Crippen molar-refractivity contribution in [2.45, 2.75) is 0 Å². The molecule has 1 saturated heterocycles.